The summed E-state index contributed by atoms with van der Waals surface area (Å²) in [7, 11) is 1.84. The Morgan fingerprint density at radius 3 is 2.68 bits per heavy atom. The zero-order chi connectivity index (χ0) is 13.2. The average Bonchev–Trinajstić information content (AvgIpc) is 2.94. The molecule has 102 valence electrons. The summed E-state index contributed by atoms with van der Waals surface area (Å²) < 4.78 is 10.6. The van der Waals surface area contributed by atoms with Crippen molar-refractivity contribution in [2.45, 2.75) is 32.1 Å². The molecule has 2 aliphatic rings. The van der Waals surface area contributed by atoms with Gasteiger partial charge in [-0.05, 0) is 25.0 Å². The number of hydrogen-bond acceptors (Lipinski definition) is 3. The number of benzene rings is 1. The van der Waals surface area contributed by atoms with E-state index in [0.29, 0.717) is 0 Å². The van der Waals surface area contributed by atoms with Gasteiger partial charge in [-0.2, -0.15) is 0 Å². The number of carbonyl (C=O) groups is 1. The maximum absolute atomic E-state index is 12.5. The highest BCUT2D eigenvalue weighted by molar-refractivity contribution is 5.94. The molecule has 0 spiro atoms. The molecule has 1 aliphatic carbocycles. The molecule has 3 rings (SSSR count). The van der Waals surface area contributed by atoms with Crippen molar-refractivity contribution in [1.29, 1.82) is 0 Å². The molecular weight excluding hydrogens is 242 g/mol. The van der Waals surface area contributed by atoms with Crippen molar-refractivity contribution in [2.75, 3.05) is 18.7 Å². The second kappa shape index (κ2) is 5.11. The lowest BCUT2D eigenvalue weighted by atomic mass is 9.88. The number of amides is 1. The average molecular weight is 261 g/mol. The predicted molar refractivity (Wildman–Crippen MR) is 72.6 cm³/mol. The van der Waals surface area contributed by atoms with Gasteiger partial charge in [0.1, 0.15) is 0 Å². The van der Waals surface area contributed by atoms with Crippen LogP contribution in [-0.4, -0.2) is 19.7 Å². The highest BCUT2D eigenvalue weighted by Gasteiger charge is 2.25. The molecule has 0 radical (unpaired) electrons. The van der Waals surface area contributed by atoms with E-state index in [4.69, 9.17) is 9.47 Å². The molecule has 19 heavy (non-hydrogen) atoms. The van der Waals surface area contributed by atoms with Gasteiger partial charge in [-0.25, -0.2) is 0 Å². The van der Waals surface area contributed by atoms with Crippen LogP contribution in [0.1, 0.15) is 32.1 Å². The Morgan fingerprint density at radius 1 is 1.16 bits per heavy atom. The van der Waals surface area contributed by atoms with Crippen LogP contribution in [0.5, 0.6) is 11.5 Å². The number of hydrogen-bond donors (Lipinski definition) is 0. The highest BCUT2D eigenvalue weighted by atomic mass is 16.7. The van der Waals surface area contributed by atoms with Crippen molar-refractivity contribution in [3.63, 3.8) is 0 Å². The maximum Gasteiger partial charge on any atom is 0.231 e. The van der Waals surface area contributed by atoms with E-state index in [2.05, 4.69) is 0 Å². The second-order valence-corrected chi connectivity index (χ2v) is 5.27. The zero-order valence-corrected chi connectivity index (χ0v) is 11.2. The van der Waals surface area contributed by atoms with E-state index < -0.39 is 0 Å². The minimum atomic E-state index is 0.184. The van der Waals surface area contributed by atoms with Crippen molar-refractivity contribution in [3.05, 3.63) is 18.2 Å². The van der Waals surface area contributed by atoms with Gasteiger partial charge in [0.25, 0.3) is 0 Å². The zero-order valence-electron chi connectivity index (χ0n) is 11.2. The fourth-order valence-corrected chi connectivity index (χ4v) is 2.84. The lowest BCUT2D eigenvalue weighted by Gasteiger charge is -2.26. The third-order valence-corrected chi connectivity index (χ3v) is 4.03. The largest absolute Gasteiger partial charge is 0.454 e. The summed E-state index contributed by atoms with van der Waals surface area (Å²) in [4.78, 5) is 14.2. The molecule has 4 heteroatoms. The molecule has 1 saturated carbocycles. The highest BCUT2D eigenvalue weighted by Crippen LogP contribution is 2.36. The summed E-state index contributed by atoms with van der Waals surface area (Å²) >= 11 is 0. The van der Waals surface area contributed by atoms with Crippen LogP contribution in [0.2, 0.25) is 0 Å². The van der Waals surface area contributed by atoms with Crippen molar-refractivity contribution >= 4 is 11.6 Å². The van der Waals surface area contributed by atoms with E-state index in [1.54, 1.807) is 4.90 Å². The van der Waals surface area contributed by atoms with Crippen molar-refractivity contribution in [3.8, 4) is 11.5 Å². The topological polar surface area (TPSA) is 38.8 Å². The normalized spacial score (nSPS) is 18.4. The lowest BCUT2D eigenvalue weighted by Crippen LogP contribution is -2.33. The summed E-state index contributed by atoms with van der Waals surface area (Å²) in [5.41, 5.74) is 0.875. The molecule has 0 atom stereocenters. The molecule has 1 amide bonds. The fourth-order valence-electron chi connectivity index (χ4n) is 2.84. The first-order valence-electron chi connectivity index (χ1n) is 6.93. The molecule has 0 N–H and O–H groups in total. The minimum Gasteiger partial charge on any atom is -0.454 e. The Balaban J connectivity index is 1.75. The van der Waals surface area contributed by atoms with Gasteiger partial charge < -0.3 is 14.4 Å². The number of fused-ring (bicyclic) bond motifs is 1. The second-order valence-electron chi connectivity index (χ2n) is 5.27. The van der Waals surface area contributed by atoms with Crippen LogP contribution in [0.25, 0.3) is 0 Å². The molecule has 1 fully saturated rings. The Hall–Kier alpha value is -1.71. The van der Waals surface area contributed by atoms with E-state index in [9.17, 15) is 4.79 Å². The quantitative estimate of drug-likeness (QED) is 0.821. The van der Waals surface area contributed by atoms with Gasteiger partial charge in [-0.15, -0.1) is 0 Å². The van der Waals surface area contributed by atoms with E-state index >= 15 is 0 Å². The van der Waals surface area contributed by atoms with E-state index in [1.807, 2.05) is 25.2 Å². The summed E-state index contributed by atoms with van der Waals surface area (Å²) in [5.74, 6) is 1.88. The molecule has 0 bridgehead atoms. The first-order chi connectivity index (χ1) is 9.25. The first-order valence-corrected chi connectivity index (χ1v) is 6.93. The molecular formula is C15H19NO3. The van der Waals surface area contributed by atoms with Gasteiger partial charge >= 0.3 is 0 Å². The van der Waals surface area contributed by atoms with Crippen molar-refractivity contribution < 1.29 is 14.3 Å². The number of ether oxygens (including phenoxy) is 2. The Morgan fingerprint density at radius 2 is 1.89 bits per heavy atom. The van der Waals surface area contributed by atoms with E-state index in [0.717, 1.165) is 30.0 Å². The third-order valence-electron chi connectivity index (χ3n) is 4.03. The maximum atomic E-state index is 12.5. The molecule has 1 aromatic rings. The van der Waals surface area contributed by atoms with Crippen LogP contribution in [0, 0.1) is 5.92 Å². The number of rotatable bonds is 2. The van der Waals surface area contributed by atoms with Gasteiger partial charge in [-0.1, -0.05) is 19.3 Å². The Labute approximate surface area is 113 Å². The van der Waals surface area contributed by atoms with Crippen LogP contribution in [0.4, 0.5) is 5.69 Å². The number of nitrogens with zero attached hydrogens (tertiary/aromatic N) is 1. The molecule has 4 nitrogen and oxygen atoms in total. The SMILES string of the molecule is CN(C(=O)C1CCCCC1)c1ccc2c(c1)OCO2. The van der Waals surface area contributed by atoms with E-state index in [-0.39, 0.29) is 18.6 Å². The van der Waals surface area contributed by atoms with E-state index in [1.165, 1.54) is 19.3 Å². The van der Waals surface area contributed by atoms with Crippen LogP contribution in [0.15, 0.2) is 18.2 Å². The predicted octanol–water partition coefficient (Wildman–Crippen LogP) is 2.96. The molecule has 1 aliphatic heterocycles. The summed E-state index contributed by atoms with van der Waals surface area (Å²) in [5, 5.41) is 0. The summed E-state index contributed by atoms with van der Waals surface area (Å²) in [6.45, 7) is 0.263. The lowest BCUT2D eigenvalue weighted by molar-refractivity contribution is -0.123. The molecule has 1 aromatic carbocycles. The van der Waals surface area contributed by atoms with Gasteiger partial charge in [0.05, 0.1) is 0 Å². The minimum absolute atomic E-state index is 0.184. The first kappa shape index (κ1) is 12.3. The van der Waals surface area contributed by atoms with Crippen LogP contribution in [0.3, 0.4) is 0 Å². The number of carbonyl (C=O) groups excluding carboxylic acids is 1. The number of anilines is 1. The summed E-state index contributed by atoms with van der Waals surface area (Å²) in [6, 6.07) is 5.65. The van der Waals surface area contributed by atoms with Crippen molar-refractivity contribution in [1.82, 2.24) is 0 Å². The molecule has 0 unspecified atom stereocenters. The standard InChI is InChI=1S/C15H19NO3/c1-16(15(17)11-5-3-2-4-6-11)12-7-8-13-14(9-12)19-10-18-13/h7-9,11H,2-6,10H2,1H3. The third kappa shape index (κ3) is 2.39. The molecule has 1 heterocycles. The molecule has 0 aromatic heterocycles. The Bertz CT molecular complexity index is 480. The molecule has 0 saturated heterocycles. The smallest absolute Gasteiger partial charge is 0.231 e. The van der Waals surface area contributed by atoms with Crippen molar-refractivity contribution in [2.24, 2.45) is 5.92 Å². The monoisotopic (exact) mass is 261 g/mol. The van der Waals surface area contributed by atoms with Gasteiger partial charge in [0, 0.05) is 24.7 Å². The Kier molecular flexibility index (Phi) is 3.32. The van der Waals surface area contributed by atoms with Gasteiger partial charge in [-0.3, -0.25) is 4.79 Å². The van der Waals surface area contributed by atoms with Crippen LogP contribution < -0.4 is 14.4 Å². The van der Waals surface area contributed by atoms with Gasteiger partial charge in [0.2, 0.25) is 12.7 Å². The van der Waals surface area contributed by atoms with Crippen LogP contribution in [-0.2, 0) is 4.79 Å². The van der Waals surface area contributed by atoms with Gasteiger partial charge in [0.15, 0.2) is 11.5 Å². The summed E-state index contributed by atoms with van der Waals surface area (Å²) in [6.07, 6.45) is 5.65. The fraction of sp³-hybridized carbons (Fsp3) is 0.533. The van der Waals surface area contributed by atoms with Crippen LogP contribution >= 0.6 is 0 Å².